The Balaban J connectivity index is 1.95. The van der Waals surface area contributed by atoms with Crippen LogP contribution in [0.15, 0.2) is 30.3 Å². The summed E-state index contributed by atoms with van der Waals surface area (Å²) in [6.07, 6.45) is 0.683. The van der Waals surface area contributed by atoms with Crippen LogP contribution in [0.5, 0.6) is 0 Å². The van der Waals surface area contributed by atoms with E-state index in [0.29, 0.717) is 13.1 Å². The molecule has 1 aromatic carbocycles. The molecule has 2 atom stereocenters. The number of benzene rings is 1. The number of hydrogen-bond donors (Lipinski definition) is 1. The average molecular weight is 269 g/mol. The second-order valence-electron chi connectivity index (χ2n) is 5.10. The molecule has 0 radical (unpaired) electrons. The van der Waals surface area contributed by atoms with E-state index in [9.17, 15) is 13.5 Å². The van der Waals surface area contributed by atoms with Gasteiger partial charge in [-0.25, -0.2) is 8.42 Å². The van der Waals surface area contributed by atoms with Crippen molar-refractivity contribution in [2.75, 3.05) is 25.1 Å². The van der Waals surface area contributed by atoms with Crippen molar-refractivity contribution in [2.45, 2.75) is 12.6 Å². The Hall–Kier alpha value is -0.910. The highest BCUT2D eigenvalue weighted by molar-refractivity contribution is 7.90. The van der Waals surface area contributed by atoms with Crippen LogP contribution in [0.1, 0.15) is 5.56 Å². The van der Waals surface area contributed by atoms with Crippen molar-refractivity contribution < 1.29 is 13.5 Å². The summed E-state index contributed by atoms with van der Waals surface area (Å²) in [7, 11) is -3.02. The van der Waals surface area contributed by atoms with E-state index in [2.05, 4.69) is 4.90 Å². The minimum atomic E-state index is -3.02. The van der Waals surface area contributed by atoms with Gasteiger partial charge >= 0.3 is 0 Å². The normalized spacial score (nSPS) is 25.4. The van der Waals surface area contributed by atoms with Crippen LogP contribution < -0.4 is 0 Å². The predicted octanol–water partition coefficient (Wildman–Crippen LogP) is 0.524. The lowest BCUT2D eigenvalue weighted by atomic mass is 10.1. The summed E-state index contributed by atoms with van der Waals surface area (Å²) >= 11 is 0. The molecule has 0 bridgehead atoms. The molecule has 0 amide bonds. The van der Waals surface area contributed by atoms with E-state index < -0.39 is 15.9 Å². The third-order valence-electron chi connectivity index (χ3n) is 3.25. The number of nitrogens with zero attached hydrogens (tertiary/aromatic N) is 1. The Morgan fingerprint density at radius 3 is 2.56 bits per heavy atom. The maximum absolute atomic E-state index is 11.3. The molecule has 4 nitrogen and oxygen atoms in total. The lowest BCUT2D eigenvalue weighted by molar-refractivity contribution is 0.148. The van der Waals surface area contributed by atoms with Crippen molar-refractivity contribution in [3.8, 4) is 0 Å². The molecule has 5 heteroatoms. The lowest BCUT2D eigenvalue weighted by Crippen LogP contribution is -2.25. The van der Waals surface area contributed by atoms with Gasteiger partial charge in [-0.15, -0.1) is 0 Å². The molecular formula is C13H19NO3S. The molecule has 100 valence electrons. The topological polar surface area (TPSA) is 57.6 Å². The Morgan fingerprint density at radius 1 is 1.28 bits per heavy atom. The Kier molecular flexibility index (Phi) is 4.04. The van der Waals surface area contributed by atoms with Gasteiger partial charge in [0.05, 0.1) is 11.9 Å². The number of β-amino-alcohol motifs (C(OH)–C–C–N with tert-alkyl or cyclic N) is 1. The zero-order valence-electron chi connectivity index (χ0n) is 10.5. The molecule has 18 heavy (non-hydrogen) atoms. The minimum Gasteiger partial charge on any atom is -0.391 e. The quantitative estimate of drug-likeness (QED) is 0.866. The van der Waals surface area contributed by atoms with Gasteiger partial charge in [0.25, 0.3) is 0 Å². The van der Waals surface area contributed by atoms with Gasteiger partial charge in [0.1, 0.15) is 9.84 Å². The number of likely N-dealkylation sites (tertiary alicyclic amines) is 1. The van der Waals surface area contributed by atoms with Gasteiger partial charge < -0.3 is 5.11 Å². The third kappa shape index (κ3) is 3.80. The second kappa shape index (κ2) is 5.38. The summed E-state index contributed by atoms with van der Waals surface area (Å²) in [5.41, 5.74) is 1.18. The van der Waals surface area contributed by atoms with Crippen molar-refractivity contribution in [3.05, 3.63) is 35.9 Å². The van der Waals surface area contributed by atoms with Gasteiger partial charge in [-0.3, -0.25) is 4.90 Å². The Bertz CT molecular complexity index is 486. The van der Waals surface area contributed by atoms with Crippen LogP contribution in [0.25, 0.3) is 0 Å². The molecule has 1 aromatic rings. The molecule has 0 aromatic heterocycles. The molecule has 0 aliphatic carbocycles. The fourth-order valence-electron chi connectivity index (χ4n) is 2.46. The first kappa shape index (κ1) is 13.5. The number of sulfone groups is 1. The molecule has 2 unspecified atom stereocenters. The molecule has 2 rings (SSSR count). The van der Waals surface area contributed by atoms with Gasteiger partial charge in [-0.2, -0.15) is 0 Å². The van der Waals surface area contributed by atoms with Crippen molar-refractivity contribution >= 4 is 9.84 Å². The van der Waals surface area contributed by atoms with E-state index in [1.54, 1.807) is 0 Å². The maximum atomic E-state index is 11.3. The molecule has 1 fully saturated rings. The third-order valence-corrected chi connectivity index (χ3v) is 4.28. The van der Waals surface area contributed by atoms with Crippen LogP contribution >= 0.6 is 0 Å². The minimum absolute atomic E-state index is 0.0689. The van der Waals surface area contributed by atoms with E-state index >= 15 is 0 Å². The molecular weight excluding hydrogens is 250 g/mol. The van der Waals surface area contributed by atoms with Gasteiger partial charge in [-0.05, 0) is 5.56 Å². The number of aliphatic hydroxyl groups is 1. The van der Waals surface area contributed by atoms with Crippen molar-refractivity contribution in [2.24, 2.45) is 5.92 Å². The van der Waals surface area contributed by atoms with Gasteiger partial charge in [0.15, 0.2) is 0 Å². The monoisotopic (exact) mass is 269 g/mol. The zero-order valence-corrected chi connectivity index (χ0v) is 11.3. The molecule has 1 aliphatic rings. The average Bonchev–Trinajstić information content (AvgIpc) is 2.58. The Morgan fingerprint density at radius 2 is 1.94 bits per heavy atom. The van der Waals surface area contributed by atoms with Crippen LogP contribution in [0.3, 0.4) is 0 Å². The van der Waals surface area contributed by atoms with E-state index in [-0.39, 0.29) is 11.7 Å². The second-order valence-corrected chi connectivity index (χ2v) is 7.28. The highest BCUT2D eigenvalue weighted by Gasteiger charge is 2.33. The fraction of sp³-hybridized carbons (Fsp3) is 0.538. The number of aliphatic hydroxyl groups excluding tert-OH is 1. The molecule has 1 heterocycles. The number of rotatable bonds is 4. The van der Waals surface area contributed by atoms with Gasteiger partial charge in [-0.1, -0.05) is 30.3 Å². The molecule has 1 aliphatic heterocycles. The van der Waals surface area contributed by atoms with Crippen LogP contribution in [0, 0.1) is 5.92 Å². The lowest BCUT2D eigenvalue weighted by Gasteiger charge is -2.15. The Labute approximate surface area is 108 Å². The largest absolute Gasteiger partial charge is 0.391 e. The maximum Gasteiger partial charge on any atom is 0.147 e. The van der Waals surface area contributed by atoms with Crippen LogP contribution in [0.2, 0.25) is 0 Å². The van der Waals surface area contributed by atoms with Gasteiger partial charge in [0.2, 0.25) is 0 Å². The standard InChI is InChI=1S/C13H19NO3S/c1-18(16,17)10-12-8-14(9-13(12)15)7-11-5-3-2-4-6-11/h2-6,12-13,15H,7-10H2,1H3. The highest BCUT2D eigenvalue weighted by Crippen LogP contribution is 2.20. The first-order valence-electron chi connectivity index (χ1n) is 6.06. The smallest absolute Gasteiger partial charge is 0.147 e. The van der Waals surface area contributed by atoms with E-state index in [1.165, 1.54) is 11.8 Å². The van der Waals surface area contributed by atoms with Crippen molar-refractivity contribution in [1.29, 1.82) is 0 Å². The zero-order chi connectivity index (χ0) is 13.2. The summed E-state index contributed by atoms with van der Waals surface area (Å²) < 4.78 is 22.5. The van der Waals surface area contributed by atoms with Gasteiger partial charge in [0, 0.05) is 31.8 Å². The van der Waals surface area contributed by atoms with E-state index in [0.717, 1.165) is 6.54 Å². The predicted molar refractivity (Wildman–Crippen MR) is 70.9 cm³/mol. The highest BCUT2D eigenvalue weighted by atomic mass is 32.2. The summed E-state index contributed by atoms with van der Waals surface area (Å²) in [6.45, 7) is 1.95. The van der Waals surface area contributed by atoms with Crippen LogP contribution in [0.4, 0.5) is 0 Å². The molecule has 0 saturated carbocycles. The van der Waals surface area contributed by atoms with Crippen LogP contribution in [-0.2, 0) is 16.4 Å². The summed E-state index contributed by atoms with van der Waals surface area (Å²) in [5.74, 6) is -0.0943. The molecule has 1 saturated heterocycles. The molecule has 1 N–H and O–H groups in total. The van der Waals surface area contributed by atoms with E-state index in [1.807, 2.05) is 30.3 Å². The van der Waals surface area contributed by atoms with E-state index in [4.69, 9.17) is 0 Å². The summed E-state index contributed by atoms with van der Waals surface area (Å²) in [4.78, 5) is 2.11. The first-order valence-corrected chi connectivity index (χ1v) is 8.12. The van der Waals surface area contributed by atoms with Crippen molar-refractivity contribution in [1.82, 2.24) is 4.90 Å². The SMILES string of the molecule is CS(=O)(=O)CC1CN(Cc2ccccc2)CC1O. The number of hydrogen-bond acceptors (Lipinski definition) is 4. The van der Waals surface area contributed by atoms with Crippen LogP contribution in [-0.4, -0.2) is 49.6 Å². The first-order chi connectivity index (χ1) is 8.44. The summed E-state index contributed by atoms with van der Waals surface area (Å²) in [5, 5.41) is 9.89. The van der Waals surface area contributed by atoms with Crippen molar-refractivity contribution in [3.63, 3.8) is 0 Å². The molecule has 0 spiro atoms. The fourth-order valence-corrected chi connectivity index (χ4v) is 3.57. The summed E-state index contributed by atoms with van der Waals surface area (Å²) in [6, 6.07) is 10.0.